The number of hydrogen-bond acceptors (Lipinski definition) is 7. The van der Waals surface area contributed by atoms with Crippen molar-refractivity contribution >= 4 is 29.2 Å². The number of carbonyl (C=O) groups excluding carboxylic acids is 1. The summed E-state index contributed by atoms with van der Waals surface area (Å²) < 4.78 is 0. The van der Waals surface area contributed by atoms with Crippen molar-refractivity contribution in [1.82, 2.24) is 9.88 Å². The van der Waals surface area contributed by atoms with Gasteiger partial charge in [-0.15, -0.1) is 11.8 Å². The molecule has 1 aliphatic heterocycles. The Balaban J connectivity index is 1.87. The SMILES string of the molecule is C=CC(=O)Nc1ccc(CSc2nc(N3CCN(C)CC3)c(C#N)c(CC)c2C#N)cc1. The fourth-order valence-electron chi connectivity index (χ4n) is 3.56. The summed E-state index contributed by atoms with van der Waals surface area (Å²) in [6.07, 6.45) is 1.83. The van der Waals surface area contributed by atoms with Crippen molar-refractivity contribution < 1.29 is 4.79 Å². The number of nitrogens with zero attached hydrogens (tertiary/aromatic N) is 5. The van der Waals surface area contributed by atoms with Crippen LogP contribution >= 0.6 is 11.8 Å². The van der Waals surface area contributed by atoms with Gasteiger partial charge < -0.3 is 15.1 Å². The van der Waals surface area contributed by atoms with Gasteiger partial charge in [0.2, 0.25) is 5.91 Å². The molecule has 1 amide bonds. The van der Waals surface area contributed by atoms with E-state index in [2.05, 4.69) is 40.9 Å². The van der Waals surface area contributed by atoms with Crippen LogP contribution in [0.2, 0.25) is 0 Å². The molecule has 2 heterocycles. The highest BCUT2D eigenvalue weighted by atomic mass is 32.2. The zero-order chi connectivity index (χ0) is 23.1. The minimum atomic E-state index is -0.254. The van der Waals surface area contributed by atoms with E-state index >= 15 is 0 Å². The van der Waals surface area contributed by atoms with Crippen LogP contribution in [0.15, 0.2) is 41.9 Å². The molecule has 1 saturated heterocycles. The lowest BCUT2D eigenvalue weighted by Crippen LogP contribution is -2.45. The third-order valence-electron chi connectivity index (χ3n) is 5.41. The first-order valence-electron chi connectivity index (χ1n) is 10.5. The minimum absolute atomic E-state index is 0.254. The standard InChI is InChI=1S/C24H26N6OS/c1-4-19-20(14-25)23(30-12-10-29(3)11-13-30)28-24(21(19)15-26)32-16-17-6-8-18(9-7-17)27-22(31)5-2/h5-9H,2,4,10-13,16H2,1,3H3,(H,27,31). The lowest BCUT2D eigenvalue weighted by atomic mass is 10.0. The summed E-state index contributed by atoms with van der Waals surface area (Å²) in [5.41, 5.74) is 3.51. The van der Waals surface area contributed by atoms with E-state index < -0.39 is 0 Å². The molecule has 3 rings (SSSR count). The zero-order valence-electron chi connectivity index (χ0n) is 18.4. The smallest absolute Gasteiger partial charge is 0.247 e. The van der Waals surface area contributed by atoms with Gasteiger partial charge in [-0.2, -0.15) is 10.5 Å². The third-order valence-corrected chi connectivity index (χ3v) is 6.46. The number of benzene rings is 1. The summed E-state index contributed by atoms with van der Waals surface area (Å²) in [7, 11) is 2.08. The zero-order valence-corrected chi connectivity index (χ0v) is 19.2. The van der Waals surface area contributed by atoms with Crippen LogP contribution in [0.5, 0.6) is 0 Å². The molecule has 1 aromatic carbocycles. The van der Waals surface area contributed by atoms with E-state index in [1.807, 2.05) is 31.2 Å². The monoisotopic (exact) mass is 446 g/mol. The molecule has 0 unspecified atom stereocenters. The number of hydrogen-bond donors (Lipinski definition) is 1. The van der Waals surface area contributed by atoms with E-state index in [9.17, 15) is 15.3 Å². The molecule has 0 bridgehead atoms. The van der Waals surface area contributed by atoms with Gasteiger partial charge in [0.05, 0.1) is 11.1 Å². The molecule has 0 saturated carbocycles. The van der Waals surface area contributed by atoms with E-state index in [0.717, 1.165) is 37.3 Å². The van der Waals surface area contributed by atoms with Gasteiger partial charge in [0.1, 0.15) is 23.0 Å². The van der Waals surface area contributed by atoms with Gasteiger partial charge in [0.25, 0.3) is 0 Å². The van der Waals surface area contributed by atoms with Gasteiger partial charge in [0.15, 0.2) is 0 Å². The normalized spacial score (nSPS) is 13.8. The van der Waals surface area contributed by atoms with Crippen molar-refractivity contribution in [2.24, 2.45) is 0 Å². The first kappa shape index (κ1) is 23.3. The number of nitriles is 2. The van der Waals surface area contributed by atoms with Crippen LogP contribution in [0.3, 0.4) is 0 Å². The maximum absolute atomic E-state index is 11.4. The Morgan fingerprint density at radius 2 is 1.84 bits per heavy atom. The molecule has 1 fully saturated rings. The average Bonchev–Trinajstić information content (AvgIpc) is 2.82. The maximum atomic E-state index is 11.4. The Morgan fingerprint density at radius 3 is 2.41 bits per heavy atom. The first-order chi connectivity index (χ1) is 15.5. The predicted octanol–water partition coefficient (Wildman–Crippen LogP) is 3.56. The Morgan fingerprint density at radius 1 is 1.19 bits per heavy atom. The topological polar surface area (TPSA) is 96.1 Å². The Hall–Kier alpha value is -3.33. The Kier molecular flexibility index (Phi) is 7.88. The molecule has 8 heteroatoms. The van der Waals surface area contributed by atoms with Gasteiger partial charge >= 0.3 is 0 Å². The second-order valence-corrected chi connectivity index (χ2v) is 8.48. The molecule has 0 radical (unpaired) electrons. The number of likely N-dealkylation sites (N-methyl/N-ethyl adjacent to an activating group) is 1. The number of nitrogens with one attached hydrogen (secondary N) is 1. The molecule has 0 atom stereocenters. The third kappa shape index (κ3) is 5.28. The van der Waals surface area contributed by atoms with Crippen LogP contribution in [-0.4, -0.2) is 49.0 Å². The van der Waals surface area contributed by atoms with E-state index in [-0.39, 0.29) is 5.91 Å². The van der Waals surface area contributed by atoms with Crippen LogP contribution in [0, 0.1) is 22.7 Å². The van der Waals surface area contributed by atoms with Crippen molar-refractivity contribution in [3.63, 3.8) is 0 Å². The Labute approximate surface area is 193 Å². The molecular formula is C24H26N6OS. The summed E-state index contributed by atoms with van der Waals surface area (Å²) in [6.45, 7) is 8.84. The predicted molar refractivity (Wildman–Crippen MR) is 128 cm³/mol. The molecule has 2 aromatic rings. The highest BCUT2D eigenvalue weighted by Crippen LogP contribution is 2.33. The van der Waals surface area contributed by atoms with Crippen LogP contribution < -0.4 is 10.2 Å². The van der Waals surface area contributed by atoms with E-state index in [0.29, 0.717) is 39.8 Å². The largest absolute Gasteiger partial charge is 0.353 e. The summed E-state index contributed by atoms with van der Waals surface area (Å²) in [4.78, 5) is 20.7. The van der Waals surface area contributed by atoms with Crippen LogP contribution in [0.25, 0.3) is 0 Å². The number of carbonyl (C=O) groups is 1. The number of anilines is 2. The van der Waals surface area contributed by atoms with Crippen LogP contribution in [0.4, 0.5) is 11.5 Å². The molecule has 1 aromatic heterocycles. The molecule has 1 N–H and O–H groups in total. The summed E-state index contributed by atoms with van der Waals surface area (Å²) in [5, 5.41) is 23.1. The highest BCUT2D eigenvalue weighted by molar-refractivity contribution is 7.98. The number of aromatic nitrogens is 1. The van der Waals surface area contributed by atoms with Crippen molar-refractivity contribution in [3.8, 4) is 12.1 Å². The van der Waals surface area contributed by atoms with Gasteiger partial charge in [-0.05, 0) is 42.8 Å². The first-order valence-corrected chi connectivity index (χ1v) is 11.4. The molecule has 32 heavy (non-hydrogen) atoms. The van der Waals surface area contributed by atoms with Gasteiger partial charge in [-0.1, -0.05) is 25.6 Å². The lowest BCUT2D eigenvalue weighted by molar-refractivity contribution is -0.111. The van der Waals surface area contributed by atoms with E-state index in [1.165, 1.54) is 17.8 Å². The minimum Gasteiger partial charge on any atom is -0.353 e. The fraction of sp³-hybridized carbons (Fsp3) is 0.333. The molecule has 0 spiro atoms. The number of amides is 1. The lowest BCUT2D eigenvalue weighted by Gasteiger charge is -2.34. The van der Waals surface area contributed by atoms with Crippen molar-refractivity contribution in [2.75, 3.05) is 43.4 Å². The average molecular weight is 447 g/mol. The van der Waals surface area contributed by atoms with Crippen LogP contribution in [0.1, 0.15) is 29.2 Å². The van der Waals surface area contributed by atoms with Gasteiger partial charge in [0, 0.05) is 37.6 Å². The van der Waals surface area contributed by atoms with Gasteiger partial charge in [-0.3, -0.25) is 4.79 Å². The second kappa shape index (κ2) is 10.8. The van der Waals surface area contributed by atoms with Crippen molar-refractivity contribution in [2.45, 2.75) is 24.1 Å². The van der Waals surface area contributed by atoms with Gasteiger partial charge in [-0.25, -0.2) is 4.98 Å². The quantitative estimate of drug-likeness (QED) is 0.513. The molecule has 1 aliphatic rings. The number of pyridine rings is 1. The molecular weight excluding hydrogens is 420 g/mol. The molecule has 0 aliphatic carbocycles. The number of rotatable bonds is 7. The number of piperazine rings is 1. The molecule has 7 nitrogen and oxygen atoms in total. The summed E-state index contributed by atoms with van der Waals surface area (Å²) in [5.74, 6) is 1.05. The molecule has 164 valence electrons. The Bertz CT molecular complexity index is 1080. The number of thioether (sulfide) groups is 1. The van der Waals surface area contributed by atoms with E-state index in [4.69, 9.17) is 4.98 Å². The van der Waals surface area contributed by atoms with Crippen LogP contribution in [-0.2, 0) is 17.0 Å². The van der Waals surface area contributed by atoms with Crippen molar-refractivity contribution in [3.05, 3.63) is 59.2 Å². The van der Waals surface area contributed by atoms with Crippen molar-refractivity contribution in [1.29, 1.82) is 10.5 Å². The second-order valence-electron chi connectivity index (χ2n) is 7.52. The van der Waals surface area contributed by atoms with E-state index in [1.54, 1.807) is 0 Å². The maximum Gasteiger partial charge on any atom is 0.247 e. The fourth-order valence-corrected chi connectivity index (χ4v) is 4.52. The highest BCUT2D eigenvalue weighted by Gasteiger charge is 2.24. The summed E-state index contributed by atoms with van der Waals surface area (Å²) >= 11 is 1.49. The summed E-state index contributed by atoms with van der Waals surface area (Å²) in [6, 6.07) is 12.1.